The van der Waals surface area contributed by atoms with E-state index in [2.05, 4.69) is 51.7 Å². The number of aromatic nitrogens is 5. The number of benzene rings is 1. The minimum absolute atomic E-state index is 0.425. The van der Waals surface area contributed by atoms with Crippen molar-refractivity contribution >= 4 is 16.5 Å². The van der Waals surface area contributed by atoms with Crippen molar-refractivity contribution in [1.82, 2.24) is 25.2 Å². The van der Waals surface area contributed by atoms with Gasteiger partial charge in [-0.15, -0.1) is 15.3 Å². The van der Waals surface area contributed by atoms with Gasteiger partial charge in [0.2, 0.25) is 5.13 Å². The van der Waals surface area contributed by atoms with Gasteiger partial charge >= 0.3 is 0 Å². The lowest BCUT2D eigenvalue weighted by molar-refractivity contribution is 0.586. The molecule has 6 nitrogen and oxygen atoms in total. The van der Waals surface area contributed by atoms with Crippen LogP contribution >= 0.6 is 11.3 Å². The van der Waals surface area contributed by atoms with Gasteiger partial charge in [-0.2, -0.15) is 0 Å². The van der Waals surface area contributed by atoms with Gasteiger partial charge in [0.1, 0.15) is 5.01 Å². The molecule has 0 spiro atoms. The molecule has 2 heterocycles. The Morgan fingerprint density at radius 1 is 1.18 bits per heavy atom. The molecule has 22 heavy (non-hydrogen) atoms. The van der Waals surface area contributed by atoms with Gasteiger partial charge in [-0.05, 0) is 17.9 Å². The van der Waals surface area contributed by atoms with Crippen molar-refractivity contribution in [2.45, 2.75) is 32.2 Å². The summed E-state index contributed by atoms with van der Waals surface area (Å²) in [5.74, 6) is 0.425. The number of nitrogens with zero attached hydrogens (tertiary/aromatic N) is 5. The third kappa shape index (κ3) is 3.67. The van der Waals surface area contributed by atoms with E-state index in [0.29, 0.717) is 11.0 Å². The van der Waals surface area contributed by atoms with E-state index in [0.717, 1.165) is 30.1 Å². The molecule has 0 unspecified atom stereocenters. The SMILES string of the molecule is C[C@@H](Cc1cn(CCc2nnc(N)s2)nn1)c1ccccc1. The lowest BCUT2D eigenvalue weighted by Crippen LogP contribution is -2.02. The fourth-order valence-corrected chi connectivity index (χ4v) is 2.93. The summed E-state index contributed by atoms with van der Waals surface area (Å²) in [6, 6.07) is 10.5. The number of nitrogen functional groups attached to an aromatic ring is 1. The molecule has 114 valence electrons. The Bertz CT molecular complexity index is 720. The van der Waals surface area contributed by atoms with Crippen LogP contribution in [0.1, 0.15) is 29.1 Å². The molecule has 0 fully saturated rings. The summed E-state index contributed by atoms with van der Waals surface area (Å²) in [6.07, 6.45) is 3.66. The second-order valence-corrected chi connectivity index (χ2v) is 6.37. The van der Waals surface area contributed by atoms with Gasteiger partial charge in [0.25, 0.3) is 0 Å². The third-order valence-corrected chi connectivity index (χ3v) is 4.32. The molecule has 0 saturated heterocycles. The summed E-state index contributed by atoms with van der Waals surface area (Å²) in [5, 5.41) is 17.7. The van der Waals surface area contributed by atoms with Crippen molar-refractivity contribution in [3.63, 3.8) is 0 Å². The van der Waals surface area contributed by atoms with Crippen molar-refractivity contribution < 1.29 is 0 Å². The Hall–Kier alpha value is -2.28. The van der Waals surface area contributed by atoms with Crippen LogP contribution in [0.25, 0.3) is 0 Å². The summed E-state index contributed by atoms with van der Waals surface area (Å²) in [4.78, 5) is 0. The zero-order valence-corrected chi connectivity index (χ0v) is 13.2. The lowest BCUT2D eigenvalue weighted by atomic mass is 9.97. The zero-order chi connectivity index (χ0) is 15.4. The molecule has 0 radical (unpaired) electrons. The van der Waals surface area contributed by atoms with Crippen LogP contribution in [-0.2, 0) is 19.4 Å². The summed E-state index contributed by atoms with van der Waals surface area (Å²) < 4.78 is 1.85. The van der Waals surface area contributed by atoms with Gasteiger partial charge in [-0.3, -0.25) is 4.68 Å². The highest BCUT2D eigenvalue weighted by Gasteiger charge is 2.10. The van der Waals surface area contributed by atoms with E-state index in [1.54, 1.807) is 0 Å². The normalized spacial score (nSPS) is 12.4. The van der Waals surface area contributed by atoms with Gasteiger partial charge in [-0.25, -0.2) is 0 Å². The second kappa shape index (κ2) is 6.65. The molecule has 0 saturated carbocycles. The molecule has 0 aliphatic carbocycles. The van der Waals surface area contributed by atoms with Crippen molar-refractivity contribution in [3.05, 3.63) is 52.8 Å². The number of hydrogen-bond donors (Lipinski definition) is 1. The maximum Gasteiger partial charge on any atom is 0.203 e. The molecular formula is C15H18N6S. The molecular weight excluding hydrogens is 296 g/mol. The van der Waals surface area contributed by atoms with Crippen LogP contribution in [0.15, 0.2) is 36.5 Å². The predicted octanol–water partition coefficient (Wildman–Crippen LogP) is 2.30. The molecule has 3 rings (SSSR count). The van der Waals surface area contributed by atoms with Gasteiger partial charge < -0.3 is 5.73 Å². The van der Waals surface area contributed by atoms with E-state index in [1.807, 2.05) is 16.9 Å². The topological polar surface area (TPSA) is 82.5 Å². The molecule has 7 heteroatoms. The third-order valence-electron chi connectivity index (χ3n) is 3.51. The Labute approximate surface area is 133 Å². The van der Waals surface area contributed by atoms with Crippen molar-refractivity contribution in [1.29, 1.82) is 0 Å². The number of rotatable bonds is 6. The predicted molar refractivity (Wildman–Crippen MR) is 86.6 cm³/mol. The quantitative estimate of drug-likeness (QED) is 0.755. The summed E-state index contributed by atoms with van der Waals surface area (Å²) >= 11 is 1.42. The lowest BCUT2D eigenvalue weighted by Gasteiger charge is -2.09. The standard InChI is InChI=1S/C15H18N6S/c1-11(12-5-3-2-4-6-12)9-13-10-21(20-17-13)8-7-14-18-19-15(16)22-14/h2-6,10-11H,7-9H2,1H3,(H2,16,19)/t11-/m0/s1. The first-order valence-corrected chi connectivity index (χ1v) is 8.04. The number of hydrogen-bond acceptors (Lipinski definition) is 6. The number of aryl methyl sites for hydroxylation is 2. The summed E-state index contributed by atoms with van der Waals surface area (Å²) in [6.45, 7) is 2.94. The molecule has 1 aromatic carbocycles. The van der Waals surface area contributed by atoms with E-state index < -0.39 is 0 Å². The van der Waals surface area contributed by atoms with Gasteiger partial charge in [0, 0.05) is 19.2 Å². The maximum atomic E-state index is 5.57. The fraction of sp³-hybridized carbons (Fsp3) is 0.333. The van der Waals surface area contributed by atoms with Gasteiger partial charge in [0.05, 0.1) is 5.69 Å². The van der Waals surface area contributed by atoms with Crippen molar-refractivity contribution in [3.8, 4) is 0 Å². The summed E-state index contributed by atoms with van der Waals surface area (Å²) in [7, 11) is 0. The molecule has 0 aliphatic rings. The molecule has 0 bridgehead atoms. The summed E-state index contributed by atoms with van der Waals surface area (Å²) in [5.41, 5.74) is 7.90. The van der Waals surface area contributed by atoms with Crippen molar-refractivity contribution in [2.75, 3.05) is 5.73 Å². The van der Waals surface area contributed by atoms with Crippen LogP contribution in [0.2, 0.25) is 0 Å². The van der Waals surface area contributed by atoms with Crippen LogP contribution in [-0.4, -0.2) is 25.2 Å². The monoisotopic (exact) mass is 314 g/mol. The highest BCUT2D eigenvalue weighted by molar-refractivity contribution is 7.15. The minimum Gasteiger partial charge on any atom is -0.374 e. The first kappa shape index (κ1) is 14.6. The highest BCUT2D eigenvalue weighted by atomic mass is 32.1. The number of nitrogens with two attached hydrogens (primary N) is 1. The zero-order valence-electron chi connectivity index (χ0n) is 12.4. The number of anilines is 1. The van der Waals surface area contributed by atoms with E-state index >= 15 is 0 Å². The van der Waals surface area contributed by atoms with Gasteiger partial charge in [-0.1, -0.05) is 53.8 Å². The maximum absolute atomic E-state index is 5.57. The smallest absolute Gasteiger partial charge is 0.203 e. The molecule has 0 amide bonds. The highest BCUT2D eigenvalue weighted by Crippen LogP contribution is 2.19. The molecule has 1 atom stereocenters. The Morgan fingerprint density at radius 2 is 2.00 bits per heavy atom. The largest absolute Gasteiger partial charge is 0.374 e. The minimum atomic E-state index is 0.425. The molecule has 3 aromatic rings. The van der Waals surface area contributed by atoms with Crippen LogP contribution in [0.3, 0.4) is 0 Å². The second-order valence-electron chi connectivity index (χ2n) is 5.27. The van der Waals surface area contributed by atoms with E-state index in [4.69, 9.17) is 5.73 Å². The van der Waals surface area contributed by atoms with Gasteiger partial charge in [0.15, 0.2) is 0 Å². The van der Waals surface area contributed by atoms with Crippen LogP contribution in [0.4, 0.5) is 5.13 Å². The first-order valence-electron chi connectivity index (χ1n) is 7.22. The van der Waals surface area contributed by atoms with Crippen LogP contribution in [0, 0.1) is 0 Å². The van der Waals surface area contributed by atoms with Crippen molar-refractivity contribution in [2.24, 2.45) is 0 Å². The molecule has 2 aromatic heterocycles. The fourth-order valence-electron chi connectivity index (χ4n) is 2.33. The Morgan fingerprint density at radius 3 is 2.73 bits per heavy atom. The molecule has 0 aliphatic heterocycles. The van der Waals surface area contributed by atoms with E-state index in [1.165, 1.54) is 16.9 Å². The van der Waals surface area contributed by atoms with E-state index in [-0.39, 0.29) is 0 Å². The average Bonchev–Trinajstić information content (AvgIpc) is 3.15. The Kier molecular flexibility index (Phi) is 4.43. The van der Waals surface area contributed by atoms with Crippen LogP contribution < -0.4 is 5.73 Å². The average molecular weight is 314 g/mol. The first-order chi connectivity index (χ1) is 10.7. The Balaban J connectivity index is 1.57. The van der Waals surface area contributed by atoms with Crippen LogP contribution in [0.5, 0.6) is 0 Å². The van der Waals surface area contributed by atoms with E-state index in [9.17, 15) is 0 Å². The molecule has 2 N–H and O–H groups in total.